The number of aromatic nitrogens is 1. The molecule has 10 heteroatoms. The van der Waals surface area contributed by atoms with Gasteiger partial charge in [-0.25, -0.2) is 9.37 Å². The highest BCUT2D eigenvalue weighted by molar-refractivity contribution is 6.33. The molecule has 0 aliphatic carbocycles. The summed E-state index contributed by atoms with van der Waals surface area (Å²) in [6.45, 7) is -1.68. The van der Waals surface area contributed by atoms with Gasteiger partial charge in [0.15, 0.2) is 12.4 Å². The lowest BCUT2D eigenvalue weighted by Crippen LogP contribution is -2.21. The van der Waals surface area contributed by atoms with Crippen LogP contribution in [0.25, 0.3) is 0 Å². The monoisotopic (exact) mass is 255 g/mol. The van der Waals surface area contributed by atoms with Crippen molar-refractivity contribution in [1.82, 2.24) is 4.98 Å². The van der Waals surface area contributed by atoms with Crippen LogP contribution in [0, 0.1) is 5.82 Å². The zero-order chi connectivity index (χ0) is 13.1. The van der Waals surface area contributed by atoms with Crippen LogP contribution in [0.5, 0.6) is 11.6 Å². The summed E-state index contributed by atoms with van der Waals surface area (Å²) in [4.78, 5) is 3.19. The summed E-state index contributed by atoms with van der Waals surface area (Å²) < 4.78 is 56.6. The Morgan fingerprint density at radius 1 is 1.35 bits per heavy atom. The van der Waals surface area contributed by atoms with Crippen molar-refractivity contribution >= 4 is 7.32 Å². The molecule has 0 fully saturated rings. The number of pyridine rings is 1. The summed E-state index contributed by atoms with van der Waals surface area (Å²) in [7, 11) is -2.18. The van der Waals surface area contributed by atoms with Gasteiger partial charge in [-0.2, -0.15) is 13.2 Å². The molecular formula is C7H6BF4NO4. The summed E-state index contributed by atoms with van der Waals surface area (Å²) in [5.41, 5.74) is 0. The van der Waals surface area contributed by atoms with Crippen LogP contribution in [0.15, 0.2) is 12.3 Å². The van der Waals surface area contributed by atoms with Gasteiger partial charge in [-0.3, -0.25) is 0 Å². The van der Waals surface area contributed by atoms with Crippen molar-refractivity contribution in [2.75, 3.05) is 6.61 Å². The highest BCUT2D eigenvalue weighted by Gasteiger charge is 2.29. The lowest BCUT2D eigenvalue weighted by atomic mass is 10.2. The maximum Gasteiger partial charge on any atom is 0.707 e. The predicted octanol–water partition coefficient (Wildman–Crippen LogP) is 0.510. The summed E-state index contributed by atoms with van der Waals surface area (Å²) in [5, 5.41) is 16.8. The van der Waals surface area contributed by atoms with Crippen LogP contribution in [0.2, 0.25) is 0 Å². The second-order valence-corrected chi connectivity index (χ2v) is 2.81. The van der Waals surface area contributed by atoms with E-state index in [1.54, 1.807) is 0 Å². The highest BCUT2D eigenvalue weighted by atomic mass is 19.4. The standard InChI is InChI=1S/C7H6BF4NO4/c9-5-1-4(17-8(14)15)2-13-6(5)16-3-7(10,11)12/h1-2,14-15H,3H2. The fourth-order valence-corrected chi connectivity index (χ4v) is 0.850. The number of rotatable bonds is 4. The predicted molar refractivity (Wildman–Crippen MR) is 46.6 cm³/mol. The first-order valence-corrected chi connectivity index (χ1v) is 4.16. The zero-order valence-corrected chi connectivity index (χ0v) is 8.11. The molecule has 0 spiro atoms. The fraction of sp³-hybridized carbons (Fsp3) is 0.286. The number of alkyl halides is 3. The molecule has 1 aromatic heterocycles. The Bertz CT molecular complexity index is 387. The number of halogens is 4. The van der Waals surface area contributed by atoms with Gasteiger partial charge >= 0.3 is 13.5 Å². The van der Waals surface area contributed by atoms with Crippen molar-refractivity contribution in [3.63, 3.8) is 0 Å². The summed E-state index contributed by atoms with van der Waals surface area (Å²) in [6.07, 6.45) is -3.82. The SMILES string of the molecule is OB(O)Oc1cnc(OCC(F)(F)F)c(F)c1. The molecule has 0 saturated carbocycles. The van der Waals surface area contributed by atoms with E-state index in [2.05, 4.69) is 14.4 Å². The van der Waals surface area contributed by atoms with Crippen molar-refractivity contribution in [3.8, 4) is 11.6 Å². The lowest BCUT2D eigenvalue weighted by Gasteiger charge is -2.10. The van der Waals surface area contributed by atoms with Gasteiger partial charge in [0.25, 0.3) is 5.88 Å². The summed E-state index contributed by atoms with van der Waals surface area (Å²) in [5.74, 6) is -2.44. The first-order chi connectivity index (χ1) is 7.78. The van der Waals surface area contributed by atoms with Crippen LogP contribution in [-0.2, 0) is 0 Å². The third kappa shape index (κ3) is 4.87. The minimum Gasteiger partial charge on any atom is -0.511 e. The van der Waals surface area contributed by atoms with Gasteiger partial charge in [-0.05, 0) is 0 Å². The molecule has 5 nitrogen and oxygen atoms in total. The molecule has 0 bridgehead atoms. The molecule has 0 unspecified atom stereocenters. The van der Waals surface area contributed by atoms with E-state index in [1.165, 1.54) is 0 Å². The van der Waals surface area contributed by atoms with E-state index in [0.717, 1.165) is 6.20 Å². The van der Waals surface area contributed by atoms with Crippen LogP contribution in [0.3, 0.4) is 0 Å². The topological polar surface area (TPSA) is 71.8 Å². The second-order valence-electron chi connectivity index (χ2n) is 2.81. The lowest BCUT2D eigenvalue weighted by molar-refractivity contribution is -0.154. The smallest absolute Gasteiger partial charge is 0.511 e. The Hall–Kier alpha value is -1.55. The average molecular weight is 255 g/mol. The Balaban J connectivity index is 2.69. The number of hydrogen-bond donors (Lipinski definition) is 2. The minimum atomic E-state index is -4.61. The fourth-order valence-electron chi connectivity index (χ4n) is 0.850. The molecule has 0 atom stereocenters. The first-order valence-electron chi connectivity index (χ1n) is 4.16. The summed E-state index contributed by atoms with van der Waals surface area (Å²) in [6, 6.07) is 0.609. The number of nitrogens with zero attached hydrogens (tertiary/aromatic N) is 1. The molecule has 1 aromatic rings. The molecule has 0 amide bonds. The van der Waals surface area contributed by atoms with E-state index in [0.29, 0.717) is 6.07 Å². The van der Waals surface area contributed by atoms with Gasteiger partial charge in [0.2, 0.25) is 0 Å². The van der Waals surface area contributed by atoms with Crippen molar-refractivity contribution < 1.29 is 37.0 Å². The summed E-state index contributed by atoms with van der Waals surface area (Å²) >= 11 is 0. The molecule has 0 saturated heterocycles. The maximum atomic E-state index is 13.1. The quantitative estimate of drug-likeness (QED) is 0.605. The molecule has 0 aromatic carbocycles. The van der Waals surface area contributed by atoms with Gasteiger partial charge in [0, 0.05) is 6.07 Å². The molecule has 0 radical (unpaired) electrons. The van der Waals surface area contributed by atoms with Gasteiger partial charge in [-0.15, -0.1) is 0 Å². The van der Waals surface area contributed by atoms with Gasteiger partial charge in [0.1, 0.15) is 5.75 Å². The number of hydrogen-bond acceptors (Lipinski definition) is 5. The van der Waals surface area contributed by atoms with Crippen LogP contribution in [0.4, 0.5) is 17.6 Å². The molecule has 0 aliphatic rings. The molecule has 17 heavy (non-hydrogen) atoms. The van der Waals surface area contributed by atoms with Crippen molar-refractivity contribution in [3.05, 3.63) is 18.1 Å². The highest BCUT2D eigenvalue weighted by Crippen LogP contribution is 2.22. The Labute approximate surface area is 92.8 Å². The second kappa shape index (κ2) is 5.19. The van der Waals surface area contributed by atoms with Crippen LogP contribution in [-0.4, -0.2) is 35.1 Å². The van der Waals surface area contributed by atoms with Gasteiger partial charge < -0.3 is 19.4 Å². The molecule has 1 heterocycles. The zero-order valence-electron chi connectivity index (χ0n) is 8.11. The molecule has 0 aliphatic heterocycles. The van der Waals surface area contributed by atoms with Crippen LogP contribution in [0.1, 0.15) is 0 Å². The van der Waals surface area contributed by atoms with Crippen molar-refractivity contribution in [2.24, 2.45) is 0 Å². The Morgan fingerprint density at radius 2 is 2.00 bits per heavy atom. The van der Waals surface area contributed by atoms with E-state index in [1.807, 2.05) is 0 Å². The van der Waals surface area contributed by atoms with E-state index >= 15 is 0 Å². The normalized spacial score (nSPS) is 11.2. The first kappa shape index (κ1) is 13.5. The minimum absolute atomic E-state index is 0.364. The molecular weight excluding hydrogens is 249 g/mol. The van der Waals surface area contributed by atoms with Gasteiger partial charge in [0.05, 0.1) is 6.20 Å². The van der Waals surface area contributed by atoms with Crippen molar-refractivity contribution in [1.29, 1.82) is 0 Å². The van der Waals surface area contributed by atoms with Crippen LogP contribution >= 0.6 is 0 Å². The number of ether oxygens (including phenoxy) is 1. The average Bonchev–Trinajstić information content (AvgIpc) is 2.13. The largest absolute Gasteiger partial charge is 0.707 e. The maximum absolute atomic E-state index is 13.1. The van der Waals surface area contributed by atoms with E-state index in [-0.39, 0.29) is 5.75 Å². The van der Waals surface area contributed by atoms with Gasteiger partial charge in [-0.1, -0.05) is 0 Å². The van der Waals surface area contributed by atoms with E-state index in [4.69, 9.17) is 10.0 Å². The van der Waals surface area contributed by atoms with Crippen molar-refractivity contribution in [2.45, 2.75) is 6.18 Å². The molecule has 94 valence electrons. The molecule has 1 rings (SSSR count). The van der Waals surface area contributed by atoms with Crippen LogP contribution < -0.4 is 9.39 Å². The Kier molecular flexibility index (Phi) is 4.13. The van der Waals surface area contributed by atoms with E-state index in [9.17, 15) is 17.6 Å². The third-order valence-corrected chi connectivity index (χ3v) is 1.40. The van der Waals surface area contributed by atoms with E-state index < -0.39 is 31.8 Å². The third-order valence-electron chi connectivity index (χ3n) is 1.40. The Morgan fingerprint density at radius 3 is 2.47 bits per heavy atom. The molecule has 2 N–H and O–H groups in total.